The Labute approximate surface area is 178 Å². The Morgan fingerprint density at radius 2 is 1.40 bits per heavy atom. The molecule has 30 heavy (non-hydrogen) atoms. The SMILES string of the molecule is O=C1OC(c2ccc(Cl)cc2)=C/C1=N\N=C(/C(=O)c1ccccc1)c1ccccc1. The van der Waals surface area contributed by atoms with Gasteiger partial charge < -0.3 is 4.74 Å². The van der Waals surface area contributed by atoms with Crippen molar-refractivity contribution in [2.24, 2.45) is 10.2 Å². The minimum Gasteiger partial charge on any atom is -0.421 e. The molecule has 0 unspecified atom stereocenters. The van der Waals surface area contributed by atoms with Gasteiger partial charge in [-0.15, -0.1) is 10.2 Å². The first kappa shape index (κ1) is 19.5. The van der Waals surface area contributed by atoms with Crippen LogP contribution in [0.15, 0.2) is 101 Å². The maximum Gasteiger partial charge on any atom is 0.364 e. The monoisotopic (exact) mass is 414 g/mol. The molecule has 0 aliphatic carbocycles. The lowest BCUT2D eigenvalue weighted by molar-refractivity contribution is -0.128. The zero-order chi connectivity index (χ0) is 20.9. The third-order valence-electron chi connectivity index (χ3n) is 4.36. The fourth-order valence-electron chi connectivity index (χ4n) is 2.85. The van der Waals surface area contributed by atoms with Crippen molar-refractivity contribution >= 4 is 40.5 Å². The topological polar surface area (TPSA) is 68.1 Å². The van der Waals surface area contributed by atoms with E-state index in [-0.39, 0.29) is 17.2 Å². The number of hydrogen-bond donors (Lipinski definition) is 0. The molecule has 0 saturated carbocycles. The van der Waals surface area contributed by atoms with Crippen LogP contribution >= 0.6 is 11.6 Å². The molecule has 0 atom stereocenters. The number of Topliss-reactive ketones (excluding diaryl/α,β-unsaturated/α-hetero) is 1. The lowest BCUT2D eigenvalue weighted by Gasteiger charge is -2.04. The zero-order valence-electron chi connectivity index (χ0n) is 15.7. The van der Waals surface area contributed by atoms with Crippen LogP contribution in [0.4, 0.5) is 0 Å². The van der Waals surface area contributed by atoms with Crippen LogP contribution in [0.5, 0.6) is 0 Å². The number of cyclic esters (lactones) is 1. The molecule has 5 nitrogen and oxygen atoms in total. The van der Waals surface area contributed by atoms with Crippen LogP contribution < -0.4 is 0 Å². The van der Waals surface area contributed by atoms with Gasteiger partial charge in [-0.05, 0) is 24.3 Å². The van der Waals surface area contributed by atoms with E-state index in [1.165, 1.54) is 6.08 Å². The van der Waals surface area contributed by atoms with E-state index in [0.717, 1.165) is 0 Å². The van der Waals surface area contributed by atoms with Crippen LogP contribution in [0, 0.1) is 0 Å². The molecule has 0 N–H and O–H groups in total. The maximum absolute atomic E-state index is 13.0. The highest BCUT2D eigenvalue weighted by Crippen LogP contribution is 2.23. The lowest BCUT2D eigenvalue weighted by atomic mass is 10.0. The smallest absolute Gasteiger partial charge is 0.364 e. The molecule has 0 radical (unpaired) electrons. The van der Waals surface area contributed by atoms with Gasteiger partial charge in [0.15, 0.2) is 5.71 Å². The minimum atomic E-state index is -0.636. The van der Waals surface area contributed by atoms with Crippen LogP contribution in [0.2, 0.25) is 5.02 Å². The Kier molecular flexibility index (Phi) is 5.63. The van der Waals surface area contributed by atoms with Crippen molar-refractivity contribution < 1.29 is 14.3 Å². The number of nitrogens with zero attached hydrogens (tertiary/aromatic N) is 2. The summed E-state index contributed by atoms with van der Waals surface area (Å²) in [4.78, 5) is 25.2. The second-order valence-electron chi connectivity index (χ2n) is 6.40. The van der Waals surface area contributed by atoms with E-state index < -0.39 is 5.97 Å². The Hall–Kier alpha value is -3.83. The molecule has 3 aromatic rings. The Balaban J connectivity index is 1.71. The third-order valence-corrected chi connectivity index (χ3v) is 4.62. The first-order chi connectivity index (χ1) is 14.6. The highest BCUT2D eigenvalue weighted by atomic mass is 35.5. The van der Waals surface area contributed by atoms with Crippen LogP contribution in [-0.4, -0.2) is 23.2 Å². The van der Waals surface area contributed by atoms with E-state index in [1.54, 1.807) is 72.8 Å². The predicted molar refractivity (Wildman–Crippen MR) is 117 cm³/mol. The Morgan fingerprint density at radius 1 is 0.800 bits per heavy atom. The first-order valence-electron chi connectivity index (χ1n) is 9.12. The summed E-state index contributed by atoms with van der Waals surface area (Å²) in [7, 11) is 0. The summed E-state index contributed by atoms with van der Waals surface area (Å²) in [5.74, 6) is -0.580. The van der Waals surface area contributed by atoms with Gasteiger partial charge in [0.2, 0.25) is 5.78 Å². The number of ketones is 1. The van der Waals surface area contributed by atoms with Gasteiger partial charge in [-0.2, -0.15) is 0 Å². The second-order valence-corrected chi connectivity index (χ2v) is 6.84. The molecule has 0 amide bonds. The second kappa shape index (κ2) is 8.68. The summed E-state index contributed by atoms with van der Waals surface area (Å²) < 4.78 is 5.28. The summed E-state index contributed by atoms with van der Waals surface area (Å²) in [5, 5.41) is 8.74. The van der Waals surface area contributed by atoms with Crippen LogP contribution in [-0.2, 0) is 9.53 Å². The van der Waals surface area contributed by atoms with Gasteiger partial charge >= 0.3 is 5.97 Å². The van der Waals surface area contributed by atoms with Crippen LogP contribution in [0.3, 0.4) is 0 Å². The van der Waals surface area contributed by atoms with Crippen molar-refractivity contribution in [1.29, 1.82) is 0 Å². The molecule has 0 spiro atoms. The van der Waals surface area contributed by atoms with E-state index in [4.69, 9.17) is 16.3 Å². The molecular weight excluding hydrogens is 400 g/mol. The highest BCUT2D eigenvalue weighted by Gasteiger charge is 2.24. The normalized spacial score (nSPS) is 15.1. The van der Waals surface area contributed by atoms with Crippen molar-refractivity contribution in [2.45, 2.75) is 0 Å². The highest BCUT2D eigenvalue weighted by molar-refractivity contribution is 6.52. The maximum atomic E-state index is 13.0. The van der Waals surface area contributed by atoms with E-state index in [9.17, 15) is 9.59 Å². The number of hydrogen-bond acceptors (Lipinski definition) is 5. The first-order valence-corrected chi connectivity index (χ1v) is 9.50. The number of rotatable bonds is 5. The molecule has 0 bridgehead atoms. The van der Waals surface area contributed by atoms with Gasteiger partial charge in [0, 0.05) is 27.8 Å². The van der Waals surface area contributed by atoms with Crippen molar-refractivity contribution in [2.75, 3.05) is 0 Å². The van der Waals surface area contributed by atoms with E-state index >= 15 is 0 Å². The molecule has 1 heterocycles. The van der Waals surface area contributed by atoms with Gasteiger partial charge in [-0.3, -0.25) is 4.79 Å². The number of esters is 1. The summed E-state index contributed by atoms with van der Waals surface area (Å²) in [6.45, 7) is 0. The van der Waals surface area contributed by atoms with E-state index in [0.29, 0.717) is 27.5 Å². The molecule has 146 valence electrons. The fraction of sp³-hybridized carbons (Fsp3) is 0. The zero-order valence-corrected chi connectivity index (χ0v) is 16.4. The van der Waals surface area contributed by atoms with Gasteiger partial charge in [0.1, 0.15) is 11.5 Å². The fourth-order valence-corrected chi connectivity index (χ4v) is 2.98. The number of halogens is 1. The Bertz CT molecular complexity index is 1180. The Morgan fingerprint density at radius 3 is 2.03 bits per heavy atom. The molecule has 1 aliphatic heterocycles. The number of benzene rings is 3. The van der Waals surface area contributed by atoms with E-state index in [2.05, 4.69) is 10.2 Å². The van der Waals surface area contributed by atoms with Gasteiger partial charge in [0.05, 0.1) is 0 Å². The number of carbonyl (C=O) groups is 2. The van der Waals surface area contributed by atoms with Gasteiger partial charge in [-0.1, -0.05) is 72.3 Å². The van der Waals surface area contributed by atoms with Crippen LogP contribution in [0.25, 0.3) is 5.76 Å². The van der Waals surface area contributed by atoms with Gasteiger partial charge in [-0.25, -0.2) is 4.79 Å². The molecular formula is C24H15ClN2O3. The molecule has 4 rings (SSSR count). The van der Waals surface area contributed by atoms with Crippen molar-refractivity contribution in [3.8, 4) is 0 Å². The van der Waals surface area contributed by atoms with Crippen molar-refractivity contribution in [3.05, 3.63) is 113 Å². The molecule has 3 aromatic carbocycles. The number of ether oxygens (including phenoxy) is 1. The minimum absolute atomic E-state index is 0.00856. The molecule has 0 fully saturated rings. The van der Waals surface area contributed by atoms with Crippen molar-refractivity contribution in [3.63, 3.8) is 0 Å². The van der Waals surface area contributed by atoms with Crippen LogP contribution in [0.1, 0.15) is 21.5 Å². The van der Waals surface area contributed by atoms with E-state index in [1.807, 2.05) is 12.1 Å². The summed E-state index contributed by atoms with van der Waals surface area (Å²) >= 11 is 5.90. The summed E-state index contributed by atoms with van der Waals surface area (Å²) in [5.41, 5.74) is 1.91. The summed E-state index contributed by atoms with van der Waals surface area (Å²) in [6, 6.07) is 24.6. The largest absolute Gasteiger partial charge is 0.421 e. The average molecular weight is 415 g/mol. The molecule has 1 aliphatic rings. The number of carbonyl (C=O) groups excluding carboxylic acids is 2. The third kappa shape index (κ3) is 4.26. The average Bonchev–Trinajstić information content (AvgIpc) is 3.16. The van der Waals surface area contributed by atoms with Gasteiger partial charge in [0.25, 0.3) is 0 Å². The molecule has 0 aromatic heterocycles. The van der Waals surface area contributed by atoms with Crippen molar-refractivity contribution in [1.82, 2.24) is 0 Å². The molecule has 0 saturated heterocycles. The summed E-state index contributed by atoms with van der Waals surface area (Å²) in [6.07, 6.45) is 1.49. The standard InChI is InChI=1S/C24H15ClN2O3/c25-19-13-11-16(12-14-19)21-15-20(24(29)30-21)26-27-22(17-7-3-1-4-8-17)23(28)18-9-5-2-6-10-18/h1-15H/b26-20+,27-22-. The lowest BCUT2D eigenvalue weighted by Crippen LogP contribution is -2.16. The molecule has 6 heteroatoms. The quantitative estimate of drug-likeness (QED) is 0.256. The predicted octanol–water partition coefficient (Wildman–Crippen LogP) is 4.97.